The average molecular weight is 502 g/mol. The average Bonchev–Trinajstić information content (AvgIpc) is 3.55. The highest BCUT2D eigenvalue weighted by atomic mass is 35.5. The van der Waals surface area contributed by atoms with Crippen LogP contribution < -0.4 is 21.3 Å². The number of aryl methyl sites for hydroxylation is 1. The van der Waals surface area contributed by atoms with Crippen molar-refractivity contribution in [2.24, 2.45) is 4.99 Å². The van der Waals surface area contributed by atoms with E-state index in [2.05, 4.69) is 32.3 Å². The number of rotatable bonds is 7. The molecule has 0 saturated heterocycles. The SMILES string of the molecule is C=CNc1c(/C=c2\c(C)nc3c(C#N)c(C(F)F)nn3c2=NCC(=O)NC2CC2)ccc(Cl)c1F. The van der Waals surface area contributed by atoms with Crippen molar-refractivity contribution >= 4 is 34.9 Å². The molecule has 4 rings (SSSR count). The lowest BCUT2D eigenvalue weighted by Crippen LogP contribution is -2.38. The van der Waals surface area contributed by atoms with Crippen molar-refractivity contribution in [1.29, 1.82) is 5.26 Å². The topological polar surface area (TPSA) is 107 Å². The van der Waals surface area contributed by atoms with Gasteiger partial charge in [-0.1, -0.05) is 24.2 Å². The van der Waals surface area contributed by atoms with Crippen molar-refractivity contribution < 1.29 is 18.0 Å². The quantitative estimate of drug-likeness (QED) is 0.517. The van der Waals surface area contributed by atoms with E-state index in [-0.39, 0.29) is 45.9 Å². The van der Waals surface area contributed by atoms with Gasteiger partial charge in [0.2, 0.25) is 5.91 Å². The number of anilines is 1. The Balaban J connectivity index is 2.02. The number of nitrogens with one attached hydrogen (secondary N) is 2. The van der Waals surface area contributed by atoms with Gasteiger partial charge < -0.3 is 10.6 Å². The third-order valence-electron chi connectivity index (χ3n) is 5.30. The van der Waals surface area contributed by atoms with Crippen molar-refractivity contribution in [2.75, 3.05) is 11.9 Å². The number of carbonyl (C=O) groups is 1. The van der Waals surface area contributed by atoms with E-state index in [0.717, 1.165) is 17.4 Å². The van der Waals surface area contributed by atoms with E-state index in [9.17, 15) is 23.2 Å². The number of fused-ring (bicyclic) bond motifs is 1. The minimum Gasteiger partial charge on any atom is -0.359 e. The molecule has 2 heterocycles. The van der Waals surface area contributed by atoms with E-state index in [1.165, 1.54) is 18.3 Å². The van der Waals surface area contributed by atoms with Gasteiger partial charge in [0, 0.05) is 16.8 Å². The molecule has 0 unspecified atom stereocenters. The molecule has 1 saturated carbocycles. The molecule has 0 atom stereocenters. The fourth-order valence-corrected chi connectivity index (χ4v) is 3.65. The molecule has 1 aliphatic carbocycles. The van der Waals surface area contributed by atoms with Crippen LogP contribution in [0.2, 0.25) is 5.02 Å². The number of alkyl halides is 2. The fourth-order valence-electron chi connectivity index (χ4n) is 3.49. The van der Waals surface area contributed by atoms with Gasteiger partial charge in [-0.3, -0.25) is 9.79 Å². The van der Waals surface area contributed by atoms with Gasteiger partial charge in [-0.2, -0.15) is 14.9 Å². The molecule has 0 spiro atoms. The number of aromatic nitrogens is 3. The summed E-state index contributed by atoms with van der Waals surface area (Å²) in [5, 5.41) is 19.0. The van der Waals surface area contributed by atoms with E-state index in [1.54, 1.807) is 19.1 Å². The number of benzene rings is 1. The summed E-state index contributed by atoms with van der Waals surface area (Å²) < 4.78 is 42.9. The largest absolute Gasteiger partial charge is 0.359 e. The molecule has 0 aliphatic heterocycles. The molecular formula is C23H19ClF3N7O. The van der Waals surface area contributed by atoms with Crippen LogP contribution >= 0.6 is 11.6 Å². The van der Waals surface area contributed by atoms with Gasteiger partial charge in [-0.15, -0.1) is 0 Å². The summed E-state index contributed by atoms with van der Waals surface area (Å²) in [6.45, 7) is 4.81. The Hall–Kier alpha value is -3.91. The molecule has 1 aliphatic rings. The number of carbonyl (C=O) groups excluding carboxylic acids is 1. The van der Waals surface area contributed by atoms with Crippen LogP contribution in [-0.2, 0) is 4.79 Å². The summed E-state index contributed by atoms with van der Waals surface area (Å²) in [5.41, 5.74) is -0.585. The molecule has 35 heavy (non-hydrogen) atoms. The van der Waals surface area contributed by atoms with Gasteiger partial charge in [-0.25, -0.2) is 18.2 Å². The Labute approximate surface area is 202 Å². The lowest BCUT2D eigenvalue weighted by atomic mass is 10.1. The monoisotopic (exact) mass is 501 g/mol. The van der Waals surface area contributed by atoms with Crippen LogP contribution in [0.15, 0.2) is 29.9 Å². The Kier molecular flexibility index (Phi) is 6.75. The zero-order chi connectivity index (χ0) is 25.3. The summed E-state index contributed by atoms with van der Waals surface area (Å²) >= 11 is 5.91. The van der Waals surface area contributed by atoms with Crippen LogP contribution in [0, 0.1) is 24.1 Å². The third kappa shape index (κ3) is 4.83. The summed E-state index contributed by atoms with van der Waals surface area (Å²) in [6.07, 6.45) is 1.52. The third-order valence-corrected chi connectivity index (χ3v) is 5.59. The highest BCUT2D eigenvalue weighted by molar-refractivity contribution is 6.31. The summed E-state index contributed by atoms with van der Waals surface area (Å²) in [5.74, 6) is -1.07. The zero-order valence-electron chi connectivity index (χ0n) is 18.4. The van der Waals surface area contributed by atoms with Crippen molar-refractivity contribution in [3.8, 4) is 6.07 Å². The first-order valence-electron chi connectivity index (χ1n) is 10.5. The summed E-state index contributed by atoms with van der Waals surface area (Å²) in [6, 6.07) is 4.72. The van der Waals surface area contributed by atoms with Crippen LogP contribution in [0.25, 0.3) is 11.7 Å². The molecule has 2 aromatic heterocycles. The summed E-state index contributed by atoms with van der Waals surface area (Å²) in [4.78, 5) is 20.9. The smallest absolute Gasteiger partial charge is 0.283 e. The minimum absolute atomic E-state index is 0.0155. The number of hydrogen-bond donors (Lipinski definition) is 2. The maximum Gasteiger partial charge on any atom is 0.283 e. The molecule has 1 fully saturated rings. The van der Waals surface area contributed by atoms with Crippen molar-refractivity contribution in [3.05, 3.63) is 69.0 Å². The van der Waals surface area contributed by atoms with E-state index >= 15 is 0 Å². The molecule has 1 amide bonds. The van der Waals surface area contributed by atoms with Gasteiger partial charge >= 0.3 is 0 Å². The second-order valence-corrected chi connectivity index (χ2v) is 8.23. The maximum atomic E-state index is 14.7. The van der Waals surface area contributed by atoms with Crippen LogP contribution in [0.5, 0.6) is 0 Å². The molecular weight excluding hydrogens is 483 g/mol. The number of halogens is 4. The first-order valence-corrected chi connectivity index (χ1v) is 10.9. The van der Waals surface area contributed by atoms with Gasteiger partial charge in [0.05, 0.1) is 16.4 Å². The Bertz CT molecular complexity index is 1510. The first-order chi connectivity index (χ1) is 16.7. The number of amides is 1. The summed E-state index contributed by atoms with van der Waals surface area (Å²) in [7, 11) is 0. The normalized spacial score (nSPS) is 14.4. The van der Waals surface area contributed by atoms with E-state index < -0.39 is 17.9 Å². The molecule has 3 aromatic rings. The van der Waals surface area contributed by atoms with E-state index in [4.69, 9.17) is 11.6 Å². The highest BCUT2D eigenvalue weighted by Crippen LogP contribution is 2.27. The van der Waals surface area contributed by atoms with Crippen molar-refractivity contribution in [3.63, 3.8) is 0 Å². The predicted octanol–water partition coefficient (Wildman–Crippen LogP) is 2.92. The molecule has 2 N–H and O–H groups in total. The van der Waals surface area contributed by atoms with E-state index in [0.29, 0.717) is 16.5 Å². The molecule has 12 heteroatoms. The van der Waals surface area contributed by atoms with Crippen molar-refractivity contribution in [1.82, 2.24) is 19.9 Å². The number of hydrogen-bond acceptors (Lipinski definition) is 6. The van der Waals surface area contributed by atoms with Crippen LogP contribution in [-0.4, -0.2) is 33.1 Å². The maximum absolute atomic E-state index is 14.7. The Morgan fingerprint density at radius 1 is 1.46 bits per heavy atom. The molecule has 0 bridgehead atoms. The molecule has 1 aromatic carbocycles. The lowest BCUT2D eigenvalue weighted by molar-refractivity contribution is -0.119. The van der Waals surface area contributed by atoms with Gasteiger partial charge in [0.15, 0.2) is 17.0 Å². The second-order valence-electron chi connectivity index (χ2n) is 7.82. The number of nitriles is 1. The molecule has 8 nitrogen and oxygen atoms in total. The Morgan fingerprint density at radius 3 is 2.83 bits per heavy atom. The zero-order valence-corrected chi connectivity index (χ0v) is 19.2. The molecule has 0 radical (unpaired) electrons. The highest BCUT2D eigenvalue weighted by Gasteiger charge is 2.24. The Morgan fingerprint density at radius 2 is 2.20 bits per heavy atom. The first kappa shape index (κ1) is 24.2. The van der Waals surface area contributed by atoms with Gasteiger partial charge in [0.1, 0.15) is 23.9 Å². The standard InChI is InChI=1S/C23H19ClF3N7O/c1-3-29-19-12(4-7-16(24)18(19)25)8-14-11(2)31-23-15(9-28)20(21(26)27)33-34(23)22(14)30-10-17(35)32-13-5-6-13/h3-4,7-8,13,21,29H,1,5-6,10H2,2H3,(H,32,35)/b14-8+,30-22?. The van der Waals surface area contributed by atoms with Gasteiger partial charge in [-0.05, 0) is 38.1 Å². The lowest BCUT2D eigenvalue weighted by Gasteiger charge is -2.09. The van der Waals surface area contributed by atoms with Gasteiger partial charge in [0.25, 0.3) is 6.43 Å². The van der Waals surface area contributed by atoms with Crippen LogP contribution in [0.4, 0.5) is 18.9 Å². The second kappa shape index (κ2) is 9.76. The number of nitrogens with zero attached hydrogens (tertiary/aromatic N) is 5. The van der Waals surface area contributed by atoms with Crippen LogP contribution in [0.3, 0.4) is 0 Å². The minimum atomic E-state index is -3.03. The fraction of sp³-hybridized carbons (Fsp3) is 0.261. The van der Waals surface area contributed by atoms with Crippen molar-refractivity contribution in [2.45, 2.75) is 32.2 Å². The van der Waals surface area contributed by atoms with Crippen LogP contribution in [0.1, 0.15) is 41.8 Å². The predicted molar refractivity (Wildman–Crippen MR) is 123 cm³/mol. The van der Waals surface area contributed by atoms with E-state index in [1.807, 2.05) is 0 Å². The molecule has 180 valence electrons.